The summed E-state index contributed by atoms with van der Waals surface area (Å²) >= 11 is 0. The molecule has 1 aliphatic rings. The summed E-state index contributed by atoms with van der Waals surface area (Å²) in [5.41, 5.74) is 1.08. The van der Waals surface area contributed by atoms with Crippen molar-refractivity contribution in [2.45, 2.75) is 6.04 Å². The van der Waals surface area contributed by atoms with E-state index in [1.54, 1.807) is 6.07 Å². The topological polar surface area (TPSA) is 126 Å². The second-order valence-corrected chi connectivity index (χ2v) is 5.72. The number of nitrogens with zero attached hydrogens (tertiary/aromatic N) is 5. The van der Waals surface area contributed by atoms with E-state index >= 15 is 0 Å². The van der Waals surface area contributed by atoms with Crippen LogP contribution in [0.1, 0.15) is 11.9 Å². The molecule has 1 aliphatic heterocycles. The zero-order valence-corrected chi connectivity index (χ0v) is 14.1. The Morgan fingerprint density at radius 1 is 1.44 bits per heavy atom. The van der Waals surface area contributed by atoms with Crippen LogP contribution in [0, 0.1) is 10.1 Å². The number of hydrogen-bond donors (Lipinski definition) is 2. The number of piperazine rings is 1. The van der Waals surface area contributed by atoms with E-state index in [0.29, 0.717) is 22.4 Å². The molecule has 0 radical (unpaired) electrons. The Balaban J connectivity index is 0.00000182. The molecule has 2 N–H and O–H groups in total. The summed E-state index contributed by atoms with van der Waals surface area (Å²) < 4.78 is 5.35. The second kappa shape index (κ2) is 6.75. The van der Waals surface area contributed by atoms with E-state index in [1.807, 2.05) is 7.05 Å². The van der Waals surface area contributed by atoms with Gasteiger partial charge in [-0.3, -0.25) is 20.1 Å². The molecule has 3 heterocycles. The SMILES string of the molecule is CN1CCNCC1c1noc(-c2n[nH]c3ccc([N+](=O)[O-])cc23)n1.Cl. The largest absolute Gasteiger partial charge is 0.332 e. The van der Waals surface area contributed by atoms with E-state index in [1.165, 1.54) is 12.1 Å². The third kappa shape index (κ3) is 3.06. The Morgan fingerprint density at radius 2 is 2.28 bits per heavy atom. The van der Waals surface area contributed by atoms with Crippen LogP contribution in [0.15, 0.2) is 22.7 Å². The van der Waals surface area contributed by atoms with E-state index in [0.717, 1.165) is 19.6 Å². The van der Waals surface area contributed by atoms with Gasteiger partial charge in [-0.1, -0.05) is 5.16 Å². The number of hydrogen-bond acceptors (Lipinski definition) is 8. The molecule has 0 bridgehead atoms. The molecule has 1 atom stereocenters. The number of nitro benzene ring substituents is 1. The summed E-state index contributed by atoms with van der Waals surface area (Å²) in [5, 5.41) is 25.9. The van der Waals surface area contributed by atoms with Gasteiger partial charge in [-0.05, 0) is 13.1 Å². The van der Waals surface area contributed by atoms with E-state index < -0.39 is 4.92 Å². The van der Waals surface area contributed by atoms with E-state index in [-0.39, 0.29) is 30.0 Å². The first-order valence-electron chi connectivity index (χ1n) is 7.51. The summed E-state index contributed by atoms with van der Waals surface area (Å²) in [4.78, 5) is 17.1. The first-order chi connectivity index (χ1) is 11.6. The zero-order valence-electron chi connectivity index (χ0n) is 13.3. The predicted octanol–water partition coefficient (Wildman–Crippen LogP) is 1.52. The van der Waals surface area contributed by atoms with E-state index in [2.05, 4.69) is 30.6 Å². The highest BCUT2D eigenvalue weighted by atomic mass is 35.5. The molecule has 3 aromatic rings. The highest BCUT2D eigenvalue weighted by molar-refractivity contribution is 5.92. The summed E-state index contributed by atoms with van der Waals surface area (Å²) in [6.07, 6.45) is 0. The molecule has 2 aromatic heterocycles. The first-order valence-corrected chi connectivity index (χ1v) is 7.51. The number of H-pyrrole nitrogens is 1. The number of halogens is 1. The van der Waals surface area contributed by atoms with Crippen molar-refractivity contribution in [3.05, 3.63) is 34.1 Å². The Kier molecular flexibility index (Phi) is 4.66. The Labute approximate surface area is 148 Å². The number of likely N-dealkylation sites (N-methyl/N-ethyl adjacent to an activating group) is 1. The van der Waals surface area contributed by atoms with Crippen LogP contribution in [0.5, 0.6) is 0 Å². The van der Waals surface area contributed by atoms with E-state index in [4.69, 9.17) is 4.52 Å². The van der Waals surface area contributed by atoms with Crippen molar-refractivity contribution in [3.63, 3.8) is 0 Å². The molecule has 1 saturated heterocycles. The molecule has 4 rings (SSSR count). The van der Waals surface area contributed by atoms with Crippen LogP contribution in [0.3, 0.4) is 0 Å². The fourth-order valence-corrected chi connectivity index (χ4v) is 2.84. The van der Waals surface area contributed by atoms with Crippen molar-refractivity contribution < 1.29 is 9.45 Å². The monoisotopic (exact) mass is 365 g/mol. The van der Waals surface area contributed by atoms with Crippen LogP contribution in [0.4, 0.5) is 5.69 Å². The van der Waals surface area contributed by atoms with Crippen molar-refractivity contribution in [2.24, 2.45) is 0 Å². The van der Waals surface area contributed by atoms with Crippen molar-refractivity contribution in [2.75, 3.05) is 26.7 Å². The third-order valence-corrected chi connectivity index (χ3v) is 4.21. The number of aromatic amines is 1. The molecule has 0 spiro atoms. The van der Waals surface area contributed by atoms with Crippen LogP contribution >= 0.6 is 12.4 Å². The van der Waals surface area contributed by atoms with Gasteiger partial charge in [-0.25, -0.2) is 0 Å². The molecular formula is C14H16ClN7O3. The quantitative estimate of drug-likeness (QED) is 0.528. The smallest absolute Gasteiger partial charge is 0.279 e. The predicted molar refractivity (Wildman–Crippen MR) is 91.5 cm³/mol. The lowest BCUT2D eigenvalue weighted by atomic mass is 10.2. The standard InChI is InChI=1S/C14H15N7O3.ClH/c1-20-5-4-15-7-11(20)13-16-14(24-19-13)12-9-6-8(21(22)23)2-3-10(9)17-18-12;/h2-3,6,11,15H,4-5,7H2,1H3,(H,17,18);1H. The Hall–Kier alpha value is -2.56. The van der Waals surface area contributed by atoms with Crippen LogP contribution in [-0.4, -0.2) is 56.8 Å². The molecule has 1 unspecified atom stereocenters. The lowest BCUT2D eigenvalue weighted by molar-refractivity contribution is -0.384. The number of aromatic nitrogens is 4. The summed E-state index contributed by atoms with van der Waals surface area (Å²) in [7, 11) is 2.01. The number of nitro groups is 1. The minimum atomic E-state index is -0.446. The van der Waals surface area contributed by atoms with Gasteiger partial charge in [0.2, 0.25) is 0 Å². The van der Waals surface area contributed by atoms with Crippen molar-refractivity contribution in [3.8, 4) is 11.6 Å². The minimum Gasteiger partial charge on any atom is -0.332 e. The lowest BCUT2D eigenvalue weighted by Crippen LogP contribution is -2.44. The number of benzene rings is 1. The van der Waals surface area contributed by atoms with Gasteiger partial charge >= 0.3 is 0 Å². The highest BCUT2D eigenvalue weighted by Gasteiger charge is 2.26. The molecule has 0 amide bonds. The van der Waals surface area contributed by atoms with Gasteiger partial charge in [0.05, 0.1) is 16.5 Å². The number of nitrogens with one attached hydrogen (secondary N) is 2. The van der Waals surface area contributed by atoms with Crippen molar-refractivity contribution >= 4 is 29.0 Å². The van der Waals surface area contributed by atoms with Gasteiger partial charge in [0.25, 0.3) is 11.6 Å². The average Bonchev–Trinajstić information content (AvgIpc) is 3.21. The third-order valence-electron chi connectivity index (χ3n) is 4.21. The molecule has 11 heteroatoms. The van der Waals surface area contributed by atoms with Crippen LogP contribution < -0.4 is 5.32 Å². The number of rotatable bonds is 3. The Bertz CT molecular complexity index is 909. The molecule has 1 fully saturated rings. The molecule has 0 aliphatic carbocycles. The molecular weight excluding hydrogens is 350 g/mol. The summed E-state index contributed by atoms with van der Waals surface area (Å²) in [6.45, 7) is 2.56. The zero-order chi connectivity index (χ0) is 16.7. The highest BCUT2D eigenvalue weighted by Crippen LogP contribution is 2.29. The van der Waals surface area contributed by atoms with E-state index in [9.17, 15) is 10.1 Å². The molecule has 1 aromatic carbocycles. The van der Waals surface area contributed by atoms with Gasteiger partial charge in [-0.15, -0.1) is 12.4 Å². The fourth-order valence-electron chi connectivity index (χ4n) is 2.84. The maximum Gasteiger partial charge on any atom is 0.279 e. The van der Waals surface area contributed by atoms with Gasteiger partial charge in [0.15, 0.2) is 11.5 Å². The van der Waals surface area contributed by atoms with Crippen LogP contribution in [-0.2, 0) is 0 Å². The van der Waals surface area contributed by atoms with Gasteiger partial charge in [0, 0.05) is 37.2 Å². The maximum atomic E-state index is 11.0. The number of non-ortho nitro benzene ring substituents is 1. The average molecular weight is 366 g/mol. The number of fused-ring (bicyclic) bond motifs is 1. The minimum absolute atomic E-state index is 0. The fraction of sp³-hybridized carbons (Fsp3) is 0.357. The summed E-state index contributed by atoms with van der Waals surface area (Å²) in [5.74, 6) is 0.817. The second-order valence-electron chi connectivity index (χ2n) is 5.72. The maximum absolute atomic E-state index is 11.0. The van der Waals surface area contributed by atoms with Crippen LogP contribution in [0.2, 0.25) is 0 Å². The summed E-state index contributed by atoms with van der Waals surface area (Å²) in [6, 6.07) is 4.51. The van der Waals surface area contributed by atoms with Gasteiger partial charge in [-0.2, -0.15) is 10.1 Å². The molecule has 10 nitrogen and oxygen atoms in total. The van der Waals surface area contributed by atoms with Gasteiger partial charge in [0.1, 0.15) is 0 Å². The van der Waals surface area contributed by atoms with Crippen molar-refractivity contribution in [1.29, 1.82) is 0 Å². The normalized spacial score (nSPS) is 18.2. The molecule has 25 heavy (non-hydrogen) atoms. The Morgan fingerprint density at radius 3 is 3.04 bits per heavy atom. The first kappa shape index (κ1) is 17.3. The molecule has 0 saturated carbocycles. The van der Waals surface area contributed by atoms with Crippen molar-refractivity contribution in [1.82, 2.24) is 30.6 Å². The van der Waals surface area contributed by atoms with Gasteiger partial charge < -0.3 is 9.84 Å². The van der Waals surface area contributed by atoms with Crippen LogP contribution in [0.25, 0.3) is 22.5 Å². The lowest BCUT2D eigenvalue weighted by Gasteiger charge is -2.30. The molecule has 132 valence electrons.